The zero-order valence-electron chi connectivity index (χ0n) is 16.1. The monoisotopic (exact) mass is 499 g/mol. The summed E-state index contributed by atoms with van der Waals surface area (Å²) in [5, 5.41) is 6.78. The Morgan fingerprint density at radius 3 is 2.63 bits per heavy atom. The van der Waals surface area contributed by atoms with Gasteiger partial charge in [0.2, 0.25) is 5.91 Å². The number of nitrogens with zero attached hydrogens (tertiary/aromatic N) is 2. The van der Waals surface area contributed by atoms with Crippen LogP contribution >= 0.6 is 39.0 Å². The second kappa shape index (κ2) is 9.59. The number of thioether (sulfide) groups is 1. The van der Waals surface area contributed by atoms with Crippen LogP contribution < -0.4 is 10.1 Å². The molecule has 0 aliphatic heterocycles. The predicted octanol–water partition coefficient (Wildman–Crippen LogP) is 6.25. The Morgan fingerprint density at radius 1 is 1.13 bits per heavy atom. The maximum Gasteiger partial charge on any atom is 0.234 e. The lowest BCUT2D eigenvalue weighted by atomic mass is 10.1. The first-order valence-corrected chi connectivity index (χ1v) is 11.9. The number of hydrogen-bond acceptors (Lipinski definition) is 6. The lowest BCUT2D eigenvalue weighted by Gasteiger charge is -2.08. The summed E-state index contributed by atoms with van der Waals surface area (Å²) in [6.45, 7) is 2.60. The van der Waals surface area contributed by atoms with Gasteiger partial charge in [0, 0.05) is 21.1 Å². The number of carbonyl (C=O) groups is 1. The Morgan fingerprint density at radius 2 is 1.90 bits per heavy atom. The van der Waals surface area contributed by atoms with Gasteiger partial charge < -0.3 is 10.1 Å². The zero-order chi connectivity index (χ0) is 20.9. The number of carbonyl (C=O) groups excluding carboxylic acids is 1. The molecule has 0 unspecified atom stereocenters. The summed E-state index contributed by atoms with van der Waals surface area (Å²) in [6.07, 6.45) is 1.55. The first-order valence-electron chi connectivity index (χ1n) is 9.27. The lowest BCUT2D eigenvalue weighted by Crippen LogP contribution is -2.14. The van der Waals surface area contributed by atoms with Crippen LogP contribution in [0.4, 0.5) is 5.69 Å². The van der Waals surface area contributed by atoms with Crippen molar-refractivity contribution in [2.45, 2.75) is 11.9 Å². The number of hydrogen-bond donors (Lipinski definition) is 1. The molecule has 4 aromatic rings. The molecule has 30 heavy (non-hydrogen) atoms. The molecular weight excluding hydrogens is 482 g/mol. The van der Waals surface area contributed by atoms with E-state index in [1.54, 1.807) is 17.7 Å². The van der Waals surface area contributed by atoms with Crippen molar-refractivity contribution in [2.75, 3.05) is 17.7 Å². The first-order chi connectivity index (χ1) is 14.6. The molecule has 0 atom stereocenters. The molecular formula is C22H18BrN3O2S2. The van der Waals surface area contributed by atoms with Crippen molar-refractivity contribution < 1.29 is 9.53 Å². The highest BCUT2D eigenvalue weighted by molar-refractivity contribution is 9.10. The van der Waals surface area contributed by atoms with Crippen LogP contribution in [0.2, 0.25) is 0 Å². The summed E-state index contributed by atoms with van der Waals surface area (Å²) < 4.78 is 6.51. The van der Waals surface area contributed by atoms with Crippen LogP contribution in [0.3, 0.4) is 0 Å². The summed E-state index contributed by atoms with van der Waals surface area (Å²) in [7, 11) is 0. The van der Waals surface area contributed by atoms with E-state index in [1.165, 1.54) is 11.8 Å². The molecule has 0 spiro atoms. The molecule has 0 bridgehead atoms. The van der Waals surface area contributed by atoms with Crippen LogP contribution in [0.25, 0.3) is 21.3 Å². The highest BCUT2D eigenvalue weighted by atomic mass is 79.9. The Balaban J connectivity index is 1.53. The van der Waals surface area contributed by atoms with E-state index >= 15 is 0 Å². The molecule has 2 aromatic carbocycles. The number of benzene rings is 2. The molecule has 1 amide bonds. The molecule has 0 saturated carbocycles. The maximum absolute atomic E-state index is 12.4. The van der Waals surface area contributed by atoms with Crippen LogP contribution in [0, 0.1) is 0 Å². The third kappa shape index (κ3) is 4.83. The Kier molecular flexibility index (Phi) is 6.66. The smallest absolute Gasteiger partial charge is 0.234 e. The molecule has 0 fully saturated rings. The van der Waals surface area contributed by atoms with Gasteiger partial charge in [0.25, 0.3) is 0 Å². The van der Waals surface area contributed by atoms with Crippen molar-refractivity contribution in [3.63, 3.8) is 0 Å². The molecule has 152 valence electrons. The van der Waals surface area contributed by atoms with Crippen molar-refractivity contribution in [3.05, 3.63) is 64.7 Å². The third-order valence-electron chi connectivity index (χ3n) is 4.28. The summed E-state index contributed by atoms with van der Waals surface area (Å²) in [5.74, 6) is 1.03. The van der Waals surface area contributed by atoms with E-state index in [9.17, 15) is 4.79 Å². The van der Waals surface area contributed by atoms with Gasteiger partial charge in [-0.25, -0.2) is 9.97 Å². The topological polar surface area (TPSA) is 64.1 Å². The fourth-order valence-electron chi connectivity index (χ4n) is 2.93. The van der Waals surface area contributed by atoms with Gasteiger partial charge in [-0.1, -0.05) is 39.8 Å². The van der Waals surface area contributed by atoms with E-state index in [1.807, 2.05) is 55.5 Å². The number of amides is 1. The first kappa shape index (κ1) is 20.8. The van der Waals surface area contributed by atoms with Crippen LogP contribution in [0.5, 0.6) is 5.75 Å². The van der Waals surface area contributed by atoms with Gasteiger partial charge in [-0.15, -0.1) is 11.3 Å². The molecule has 0 aliphatic rings. The molecule has 2 aromatic heterocycles. The van der Waals surface area contributed by atoms with Gasteiger partial charge in [0.05, 0.1) is 17.7 Å². The molecule has 0 saturated heterocycles. The van der Waals surface area contributed by atoms with E-state index in [0.29, 0.717) is 6.61 Å². The van der Waals surface area contributed by atoms with Crippen molar-refractivity contribution in [1.29, 1.82) is 0 Å². The second-order valence-electron chi connectivity index (χ2n) is 6.31. The van der Waals surface area contributed by atoms with Gasteiger partial charge >= 0.3 is 0 Å². The number of nitrogens with one attached hydrogen (secondary N) is 1. The number of anilines is 1. The van der Waals surface area contributed by atoms with E-state index < -0.39 is 0 Å². The van der Waals surface area contributed by atoms with Crippen molar-refractivity contribution in [1.82, 2.24) is 9.97 Å². The van der Waals surface area contributed by atoms with E-state index in [4.69, 9.17) is 4.74 Å². The quantitative estimate of drug-likeness (QED) is 0.240. The number of halogens is 1. The minimum atomic E-state index is -0.0769. The number of fused-ring (bicyclic) bond motifs is 1. The summed E-state index contributed by atoms with van der Waals surface area (Å²) >= 11 is 6.38. The third-order valence-corrected chi connectivity index (χ3v) is 6.68. The summed E-state index contributed by atoms with van der Waals surface area (Å²) in [5.41, 5.74) is 2.90. The second-order valence-corrected chi connectivity index (χ2v) is 9.05. The number of thiophene rings is 1. The minimum Gasteiger partial charge on any atom is -0.494 e. The predicted molar refractivity (Wildman–Crippen MR) is 128 cm³/mol. The molecule has 4 rings (SSSR count). The van der Waals surface area contributed by atoms with Gasteiger partial charge in [0.15, 0.2) is 0 Å². The van der Waals surface area contributed by atoms with Gasteiger partial charge in [-0.3, -0.25) is 4.79 Å². The van der Waals surface area contributed by atoms with Gasteiger partial charge in [-0.2, -0.15) is 0 Å². The standard InChI is InChI=1S/C22H18BrN3O2S2/c1-2-28-17-9-3-14(4-10-17)18-11-29-21-20(18)22(25-13-24-21)30-12-19(27)26-16-7-5-15(23)6-8-16/h3-11,13H,2,12H2,1H3,(H,26,27). The van der Waals surface area contributed by atoms with Crippen molar-refractivity contribution in [3.8, 4) is 16.9 Å². The summed E-state index contributed by atoms with van der Waals surface area (Å²) in [6, 6.07) is 15.5. The normalized spacial score (nSPS) is 10.9. The van der Waals surface area contributed by atoms with Crippen LogP contribution in [0.1, 0.15) is 6.92 Å². The SMILES string of the molecule is CCOc1ccc(-c2csc3ncnc(SCC(=O)Nc4ccc(Br)cc4)c23)cc1. The molecule has 0 aliphatic carbocycles. The molecule has 2 heterocycles. The zero-order valence-corrected chi connectivity index (χ0v) is 19.3. The highest BCUT2D eigenvalue weighted by Gasteiger charge is 2.15. The number of rotatable bonds is 7. The summed E-state index contributed by atoms with van der Waals surface area (Å²) in [4.78, 5) is 22.2. The minimum absolute atomic E-state index is 0.0769. The average Bonchev–Trinajstić information content (AvgIpc) is 3.19. The molecule has 0 radical (unpaired) electrons. The Hall–Kier alpha value is -2.42. The number of aromatic nitrogens is 2. The van der Waals surface area contributed by atoms with Crippen LogP contribution in [-0.4, -0.2) is 28.2 Å². The van der Waals surface area contributed by atoms with E-state index in [-0.39, 0.29) is 11.7 Å². The molecule has 8 heteroatoms. The number of ether oxygens (including phenoxy) is 1. The van der Waals surface area contributed by atoms with Crippen LogP contribution in [0.15, 0.2) is 69.7 Å². The van der Waals surface area contributed by atoms with Gasteiger partial charge in [0.1, 0.15) is 21.9 Å². The average molecular weight is 500 g/mol. The van der Waals surface area contributed by atoms with Crippen molar-refractivity contribution in [2.24, 2.45) is 0 Å². The Labute approximate surface area is 191 Å². The van der Waals surface area contributed by atoms with Crippen molar-refractivity contribution >= 4 is 60.8 Å². The van der Waals surface area contributed by atoms with Crippen LogP contribution in [-0.2, 0) is 4.79 Å². The maximum atomic E-state index is 12.4. The fraction of sp³-hybridized carbons (Fsp3) is 0.136. The highest BCUT2D eigenvalue weighted by Crippen LogP contribution is 2.38. The molecule has 1 N–H and O–H groups in total. The largest absolute Gasteiger partial charge is 0.494 e. The van der Waals surface area contributed by atoms with Gasteiger partial charge in [-0.05, 0) is 48.9 Å². The Bertz CT molecular complexity index is 1160. The van der Waals surface area contributed by atoms with E-state index in [0.717, 1.165) is 42.3 Å². The fourth-order valence-corrected chi connectivity index (χ4v) is 4.99. The molecule has 5 nitrogen and oxygen atoms in total. The van der Waals surface area contributed by atoms with E-state index in [2.05, 4.69) is 36.6 Å². The lowest BCUT2D eigenvalue weighted by molar-refractivity contribution is -0.113.